The Kier molecular flexibility index (Phi) is 5.86. The van der Waals surface area contributed by atoms with E-state index >= 15 is 0 Å². The van der Waals surface area contributed by atoms with Crippen LogP contribution in [0.5, 0.6) is 0 Å². The van der Waals surface area contributed by atoms with E-state index in [0.717, 1.165) is 35.2 Å². The fourth-order valence-corrected chi connectivity index (χ4v) is 3.64. The molecule has 110 valence electrons. The maximum Gasteiger partial charge on any atom is 0.223 e. The minimum absolute atomic E-state index is 0.0797. The number of piperidine rings is 1. The van der Waals surface area contributed by atoms with Crippen molar-refractivity contribution in [3.05, 3.63) is 21.0 Å². The summed E-state index contributed by atoms with van der Waals surface area (Å²) in [7, 11) is 0. The highest BCUT2D eigenvalue weighted by molar-refractivity contribution is 14.1. The number of anilines is 1. The van der Waals surface area contributed by atoms with Crippen molar-refractivity contribution in [3.8, 4) is 0 Å². The maximum atomic E-state index is 11.9. The van der Waals surface area contributed by atoms with E-state index in [1.165, 1.54) is 0 Å². The first-order valence-electron chi connectivity index (χ1n) is 6.65. The Morgan fingerprint density at radius 3 is 2.80 bits per heavy atom. The zero-order valence-electron chi connectivity index (χ0n) is 11.1. The number of pyridine rings is 1. The SMILES string of the molecule is NCCNC(=O)C1CCN(c2c(Cl)cncc2I)CC1. The van der Waals surface area contributed by atoms with Crippen molar-refractivity contribution in [2.24, 2.45) is 11.7 Å². The lowest BCUT2D eigenvalue weighted by molar-refractivity contribution is -0.125. The fourth-order valence-electron chi connectivity index (χ4n) is 2.41. The normalized spacial score (nSPS) is 16.2. The molecule has 7 heteroatoms. The Morgan fingerprint density at radius 2 is 2.20 bits per heavy atom. The predicted octanol–water partition coefficient (Wildman–Crippen LogP) is 1.63. The second-order valence-electron chi connectivity index (χ2n) is 4.79. The minimum atomic E-state index is 0.0797. The second-order valence-corrected chi connectivity index (χ2v) is 6.36. The maximum absolute atomic E-state index is 11.9. The van der Waals surface area contributed by atoms with Crippen LogP contribution in [0.4, 0.5) is 5.69 Å². The molecule has 1 fully saturated rings. The molecule has 0 radical (unpaired) electrons. The average molecular weight is 409 g/mol. The van der Waals surface area contributed by atoms with Gasteiger partial charge >= 0.3 is 0 Å². The van der Waals surface area contributed by atoms with Gasteiger partial charge in [-0.3, -0.25) is 9.78 Å². The Hall–Kier alpha value is -0.600. The molecule has 0 saturated carbocycles. The minimum Gasteiger partial charge on any atom is -0.369 e. The van der Waals surface area contributed by atoms with E-state index in [4.69, 9.17) is 17.3 Å². The molecular weight excluding hydrogens is 391 g/mol. The second kappa shape index (κ2) is 7.42. The van der Waals surface area contributed by atoms with Gasteiger partial charge in [-0.25, -0.2) is 0 Å². The molecule has 1 aromatic rings. The van der Waals surface area contributed by atoms with Crippen LogP contribution in [0.1, 0.15) is 12.8 Å². The molecule has 20 heavy (non-hydrogen) atoms. The number of carbonyl (C=O) groups excluding carboxylic acids is 1. The van der Waals surface area contributed by atoms with E-state index in [-0.39, 0.29) is 11.8 Å². The lowest BCUT2D eigenvalue weighted by Gasteiger charge is -2.34. The summed E-state index contributed by atoms with van der Waals surface area (Å²) in [4.78, 5) is 18.2. The van der Waals surface area contributed by atoms with Crippen molar-refractivity contribution in [3.63, 3.8) is 0 Å². The molecule has 0 unspecified atom stereocenters. The lowest BCUT2D eigenvalue weighted by Crippen LogP contribution is -2.42. The highest BCUT2D eigenvalue weighted by Gasteiger charge is 2.26. The van der Waals surface area contributed by atoms with Crippen LogP contribution in [-0.4, -0.2) is 37.1 Å². The molecule has 1 aliphatic heterocycles. The van der Waals surface area contributed by atoms with E-state index in [1.54, 1.807) is 6.20 Å². The number of halogens is 2. The number of rotatable bonds is 4. The molecule has 0 atom stereocenters. The summed E-state index contributed by atoms with van der Waals surface area (Å²) in [6.07, 6.45) is 5.15. The quantitative estimate of drug-likeness (QED) is 0.743. The molecule has 5 nitrogen and oxygen atoms in total. The van der Waals surface area contributed by atoms with Crippen LogP contribution < -0.4 is 16.0 Å². The number of hydrogen-bond acceptors (Lipinski definition) is 4. The van der Waals surface area contributed by atoms with Gasteiger partial charge in [0.25, 0.3) is 0 Å². The van der Waals surface area contributed by atoms with Crippen molar-refractivity contribution in [2.45, 2.75) is 12.8 Å². The van der Waals surface area contributed by atoms with Gasteiger partial charge in [-0.2, -0.15) is 0 Å². The van der Waals surface area contributed by atoms with Gasteiger partial charge in [0.05, 0.1) is 14.3 Å². The van der Waals surface area contributed by atoms with Crippen LogP contribution in [0.15, 0.2) is 12.4 Å². The fraction of sp³-hybridized carbons (Fsp3) is 0.538. The Morgan fingerprint density at radius 1 is 1.50 bits per heavy atom. The van der Waals surface area contributed by atoms with Gasteiger partial charge in [-0.05, 0) is 35.4 Å². The molecule has 0 aliphatic carbocycles. The summed E-state index contributed by atoms with van der Waals surface area (Å²) in [6.45, 7) is 2.70. The van der Waals surface area contributed by atoms with E-state index in [9.17, 15) is 4.79 Å². The van der Waals surface area contributed by atoms with Gasteiger partial charge in [0.1, 0.15) is 0 Å². The molecule has 2 heterocycles. The van der Waals surface area contributed by atoms with Crippen molar-refractivity contribution >= 4 is 45.8 Å². The number of nitrogens with one attached hydrogen (secondary N) is 1. The van der Waals surface area contributed by atoms with Gasteiger partial charge in [0, 0.05) is 44.5 Å². The van der Waals surface area contributed by atoms with Gasteiger partial charge in [0.15, 0.2) is 0 Å². The van der Waals surface area contributed by atoms with Crippen molar-refractivity contribution in [2.75, 3.05) is 31.1 Å². The summed E-state index contributed by atoms with van der Waals surface area (Å²) in [5, 5.41) is 3.53. The van der Waals surface area contributed by atoms with Crippen molar-refractivity contribution in [1.82, 2.24) is 10.3 Å². The van der Waals surface area contributed by atoms with E-state index < -0.39 is 0 Å². The van der Waals surface area contributed by atoms with E-state index in [1.807, 2.05) is 6.20 Å². The largest absolute Gasteiger partial charge is 0.369 e. The topological polar surface area (TPSA) is 71.2 Å². The Labute approximate surface area is 137 Å². The number of nitrogens with two attached hydrogens (primary N) is 1. The molecule has 1 saturated heterocycles. The molecule has 2 rings (SSSR count). The van der Waals surface area contributed by atoms with Crippen LogP contribution in [0.3, 0.4) is 0 Å². The summed E-state index contributed by atoms with van der Waals surface area (Å²) in [5.74, 6) is 0.196. The third kappa shape index (κ3) is 3.73. The molecule has 1 aromatic heterocycles. The van der Waals surface area contributed by atoms with Crippen LogP contribution in [0.25, 0.3) is 0 Å². The van der Waals surface area contributed by atoms with Gasteiger partial charge in [-0.15, -0.1) is 0 Å². The standard InChI is InChI=1S/C13H18ClIN4O/c14-10-7-17-8-11(15)12(10)19-5-1-9(2-6-19)13(20)18-4-3-16/h7-9H,1-6,16H2,(H,18,20). The number of carbonyl (C=O) groups is 1. The average Bonchev–Trinajstić information content (AvgIpc) is 2.45. The van der Waals surface area contributed by atoms with Crippen LogP contribution in [0, 0.1) is 9.49 Å². The predicted molar refractivity (Wildman–Crippen MR) is 89.0 cm³/mol. The third-order valence-corrected chi connectivity index (χ3v) is 4.52. The zero-order chi connectivity index (χ0) is 14.5. The number of aromatic nitrogens is 1. The number of amides is 1. The first kappa shape index (κ1) is 15.8. The van der Waals surface area contributed by atoms with Gasteiger partial charge in [0.2, 0.25) is 5.91 Å². The summed E-state index contributed by atoms with van der Waals surface area (Å²) < 4.78 is 1.04. The molecule has 1 amide bonds. The molecular formula is C13H18ClIN4O. The molecule has 0 bridgehead atoms. The summed E-state index contributed by atoms with van der Waals surface area (Å²) >= 11 is 8.47. The summed E-state index contributed by atoms with van der Waals surface area (Å²) in [5.41, 5.74) is 6.42. The molecule has 0 aromatic carbocycles. The molecule has 0 spiro atoms. The summed E-state index contributed by atoms with van der Waals surface area (Å²) in [6, 6.07) is 0. The number of nitrogens with zero attached hydrogens (tertiary/aromatic N) is 2. The molecule has 1 aliphatic rings. The lowest BCUT2D eigenvalue weighted by atomic mass is 9.95. The smallest absolute Gasteiger partial charge is 0.223 e. The zero-order valence-corrected chi connectivity index (χ0v) is 14.0. The van der Waals surface area contributed by atoms with Crippen LogP contribution >= 0.6 is 34.2 Å². The van der Waals surface area contributed by atoms with E-state index in [0.29, 0.717) is 18.1 Å². The van der Waals surface area contributed by atoms with Crippen LogP contribution in [-0.2, 0) is 4.79 Å². The van der Waals surface area contributed by atoms with Crippen LogP contribution in [0.2, 0.25) is 5.02 Å². The molecule has 3 N–H and O–H groups in total. The van der Waals surface area contributed by atoms with Gasteiger partial charge < -0.3 is 16.0 Å². The third-order valence-electron chi connectivity index (χ3n) is 3.45. The Balaban J connectivity index is 1.96. The first-order chi connectivity index (χ1) is 9.63. The first-order valence-corrected chi connectivity index (χ1v) is 8.11. The highest BCUT2D eigenvalue weighted by atomic mass is 127. The highest BCUT2D eigenvalue weighted by Crippen LogP contribution is 2.32. The number of hydrogen-bond donors (Lipinski definition) is 2. The monoisotopic (exact) mass is 408 g/mol. The van der Waals surface area contributed by atoms with E-state index in [2.05, 4.69) is 37.8 Å². The van der Waals surface area contributed by atoms with Gasteiger partial charge in [-0.1, -0.05) is 11.6 Å². The van der Waals surface area contributed by atoms with Crippen molar-refractivity contribution < 1.29 is 4.79 Å². The Bertz CT molecular complexity index is 457. The van der Waals surface area contributed by atoms with Crippen molar-refractivity contribution in [1.29, 1.82) is 0 Å².